The minimum Gasteiger partial charge on any atom is -0.248 e. The first-order chi connectivity index (χ1) is 6.07. The maximum atomic E-state index is 12.4. The van der Waals surface area contributed by atoms with Gasteiger partial charge in [0.05, 0.1) is 5.56 Å². The summed E-state index contributed by atoms with van der Waals surface area (Å²) in [5, 5.41) is 0.474. The van der Waals surface area contributed by atoms with E-state index in [1.165, 1.54) is 0 Å². The van der Waals surface area contributed by atoms with Crippen LogP contribution in [0.3, 0.4) is 0 Å². The van der Waals surface area contributed by atoms with Gasteiger partial charge < -0.3 is 0 Å². The van der Waals surface area contributed by atoms with Gasteiger partial charge in [0.15, 0.2) is 0 Å². The molecule has 6 heteroatoms. The largest absolute Gasteiger partial charge is 0.266 e. The van der Waals surface area contributed by atoms with Crippen LogP contribution in [0.2, 0.25) is 0 Å². The highest BCUT2D eigenvalue weighted by Crippen LogP contribution is 2.33. The summed E-state index contributed by atoms with van der Waals surface area (Å²) >= 11 is 9.48. The Hall–Kier alpha value is 0.450. The molecule has 1 aromatic rings. The lowest BCUT2D eigenvalue weighted by Crippen LogP contribution is -1.95. The number of hydrogen-bond acceptors (Lipinski definition) is 1. The summed E-state index contributed by atoms with van der Waals surface area (Å²) in [6, 6.07) is 0. The Morgan fingerprint density at radius 3 is 2.46 bits per heavy atom. The molecule has 0 aliphatic carbocycles. The molecule has 0 atom stereocenters. The third-order valence-corrected chi connectivity index (χ3v) is 3.63. The summed E-state index contributed by atoms with van der Waals surface area (Å²) in [6.45, 7) is 0. The van der Waals surface area contributed by atoms with Crippen LogP contribution in [0.15, 0.2) is 15.3 Å². The Labute approximate surface area is 99.3 Å². The van der Waals surface area contributed by atoms with Crippen molar-refractivity contribution in [3.8, 4) is 0 Å². The van der Waals surface area contributed by atoms with Crippen molar-refractivity contribution in [2.45, 2.75) is 11.8 Å². The lowest BCUT2D eigenvalue weighted by molar-refractivity contribution is 0.150. The first-order valence-corrected chi connectivity index (χ1v) is 5.95. The Morgan fingerprint density at radius 2 is 2.00 bits per heavy atom. The van der Waals surface area contributed by atoms with E-state index in [-0.39, 0.29) is 5.56 Å². The zero-order chi connectivity index (χ0) is 10.0. The molecular weight excluding hydrogens is 376 g/mol. The van der Waals surface area contributed by atoms with Crippen LogP contribution in [0.25, 0.3) is 0 Å². The number of aromatic nitrogens is 1. The molecule has 0 aliphatic heterocycles. The van der Waals surface area contributed by atoms with Crippen molar-refractivity contribution in [3.63, 3.8) is 0 Å². The molecule has 0 bridgehead atoms. The molecule has 1 heterocycles. The van der Waals surface area contributed by atoms with E-state index in [1.54, 1.807) is 0 Å². The quantitative estimate of drug-likeness (QED) is 0.547. The molecule has 0 saturated heterocycles. The van der Waals surface area contributed by atoms with Gasteiger partial charge in [-0.15, -0.1) is 0 Å². The summed E-state index contributed by atoms with van der Waals surface area (Å²) in [6.07, 6.45) is -1.35. The second-order valence-electron chi connectivity index (χ2n) is 2.23. The number of alkyl halides is 3. The van der Waals surface area contributed by atoms with E-state index in [0.717, 1.165) is 6.20 Å². The van der Waals surface area contributed by atoms with E-state index in [2.05, 4.69) is 52.8 Å². The van der Waals surface area contributed by atoms with E-state index in [0.29, 0.717) is 20.0 Å². The van der Waals surface area contributed by atoms with E-state index in [9.17, 15) is 8.78 Å². The molecular formula is C7H4Br3F2N. The van der Waals surface area contributed by atoms with Crippen LogP contribution in [0.5, 0.6) is 0 Å². The highest BCUT2D eigenvalue weighted by Gasteiger charge is 2.16. The molecule has 0 N–H and O–H groups in total. The first-order valence-electron chi connectivity index (χ1n) is 3.24. The fourth-order valence-electron chi connectivity index (χ4n) is 0.792. The number of halogens is 5. The van der Waals surface area contributed by atoms with Gasteiger partial charge >= 0.3 is 0 Å². The van der Waals surface area contributed by atoms with Crippen molar-refractivity contribution in [2.75, 3.05) is 0 Å². The van der Waals surface area contributed by atoms with Crippen LogP contribution < -0.4 is 0 Å². The molecule has 0 fully saturated rings. The molecule has 0 radical (unpaired) electrons. The van der Waals surface area contributed by atoms with Gasteiger partial charge in [0.25, 0.3) is 6.43 Å². The van der Waals surface area contributed by atoms with Gasteiger partial charge in [0.1, 0.15) is 4.60 Å². The normalized spacial score (nSPS) is 10.9. The molecule has 1 nitrogen and oxygen atoms in total. The Kier molecular flexibility index (Phi) is 4.25. The maximum Gasteiger partial charge on any atom is 0.266 e. The zero-order valence-corrected chi connectivity index (χ0v) is 11.0. The fraction of sp³-hybridized carbons (Fsp3) is 0.286. The predicted octanol–water partition coefficient (Wildman–Crippen LogP) is 4.44. The van der Waals surface area contributed by atoms with Gasteiger partial charge in [-0.3, -0.25) is 0 Å². The van der Waals surface area contributed by atoms with Crippen LogP contribution in [-0.2, 0) is 5.33 Å². The highest BCUT2D eigenvalue weighted by atomic mass is 79.9. The Balaban J connectivity index is 3.27. The van der Waals surface area contributed by atoms with Crippen LogP contribution >= 0.6 is 47.8 Å². The Bertz CT molecular complexity index is 317. The number of hydrogen-bond donors (Lipinski definition) is 0. The van der Waals surface area contributed by atoms with Crippen LogP contribution in [0, 0.1) is 0 Å². The highest BCUT2D eigenvalue weighted by molar-refractivity contribution is 9.11. The van der Waals surface area contributed by atoms with E-state index >= 15 is 0 Å². The second kappa shape index (κ2) is 4.79. The predicted molar refractivity (Wildman–Crippen MR) is 57.2 cm³/mol. The summed E-state index contributed by atoms with van der Waals surface area (Å²) in [5.41, 5.74) is 0.607. The molecule has 13 heavy (non-hydrogen) atoms. The molecule has 1 aromatic heterocycles. The van der Waals surface area contributed by atoms with E-state index < -0.39 is 6.43 Å². The molecule has 0 amide bonds. The topological polar surface area (TPSA) is 12.9 Å². The molecule has 1 rings (SSSR count). The van der Waals surface area contributed by atoms with E-state index in [1.807, 2.05) is 0 Å². The fourth-order valence-corrected chi connectivity index (χ4v) is 3.40. The van der Waals surface area contributed by atoms with Gasteiger partial charge in [-0.25, -0.2) is 13.8 Å². The molecule has 0 aliphatic rings. The summed E-state index contributed by atoms with van der Waals surface area (Å²) in [5.74, 6) is 0. The maximum absolute atomic E-state index is 12.4. The average molecular weight is 380 g/mol. The third-order valence-electron chi connectivity index (χ3n) is 1.45. The van der Waals surface area contributed by atoms with Gasteiger partial charge in [-0.1, -0.05) is 15.9 Å². The standard InChI is InChI=1S/C7H4Br3F2N/c8-1-3-5(9)4(7(11)12)2-13-6(3)10/h2,7H,1H2. The van der Waals surface area contributed by atoms with Crippen LogP contribution in [0.1, 0.15) is 17.6 Å². The monoisotopic (exact) mass is 377 g/mol. The van der Waals surface area contributed by atoms with Crippen LogP contribution in [-0.4, -0.2) is 4.98 Å². The smallest absolute Gasteiger partial charge is 0.248 e. The van der Waals surface area contributed by atoms with E-state index in [4.69, 9.17) is 0 Å². The summed E-state index contributed by atoms with van der Waals surface area (Å²) < 4.78 is 25.7. The second-order valence-corrected chi connectivity index (χ2v) is 4.34. The first kappa shape index (κ1) is 11.5. The van der Waals surface area contributed by atoms with Crippen LogP contribution in [0.4, 0.5) is 8.78 Å². The minimum atomic E-state index is -2.51. The van der Waals surface area contributed by atoms with Gasteiger partial charge in [-0.05, 0) is 31.9 Å². The average Bonchev–Trinajstić information content (AvgIpc) is 2.04. The molecule has 0 unspecified atom stereocenters. The summed E-state index contributed by atoms with van der Waals surface area (Å²) in [7, 11) is 0. The number of pyridine rings is 1. The van der Waals surface area contributed by atoms with Crippen molar-refractivity contribution < 1.29 is 8.78 Å². The molecule has 0 saturated carbocycles. The van der Waals surface area contributed by atoms with Gasteiger partial charge in [0, 0.05) is 21.6 Å². The van der Waals surface area contributed by atoms with Gasteiger partial charge in [0.2, 0.25) is 0 Å². The SMILES string of the molecule is FC(F)c1cnc(Br)c(CBr)c1Br. The Morgan fingerprint density at radius 1 is 1.38 bits per heavy atom. The lowest BCUT2D eigenvalue weighted by Gasteiger charge is -2.07. The minimum absolute atomic E-state index is 0.0855. The van der Waals surface area contributed by atoms with Crippen molar-refractivity contribution in [3.05, 3.63) is 26.4 Å². The molecule has 0 spiro atoms. The number of rotatable bonds is 2. The lowest BCUT2D eigenvalue weighted by atomic mass is 10.2. The van der Waals surface area contributed by atoms with Crippen molar-refractivity contribution in [2.24, 2.45) is 0 Å². The number of nitrogens with zero attached hydrogens (tertiary/aromatic N) is 1. The van der Waals surface area contributed by atoms with Gasteiger partial charge in [-0.2, -0.15) is 0 Å². The van der Waals surface area contributed by atoms with Crippen molar-refractivity contribution in [1.82, 2.24) is 4.98 Å². The third kappa shape index (κ3) is 2.47. The zero-order valence-electron chi connectivity index (χ0n) is 6.20. The van der Waals surface area contributed by atoms with Crippen molar-refractivity contribution in [1.29, 1.82) is 0 Å². The molecule has 0 aromatic carbocycles. The molecule has 72 valence electrons. The summed E-state index contributed by atoms with van der Waals surface area (Å²) in [4.78, 5) is 3.81. The van der Waals surface area contributed by atoms with Crippen molar-refractivity contribution >= 4 is 47.8 Å².